The van der Waals surface area contributed by atoms with Crippen molar-refractivity contribution in [2.75, 3.05) is 19.7 Å². The fourth-order valence-corrected chi connectivity index (χ4v) is 1.74. The van der Waals surface area contributed by atoms with Crippen LogP contribution in [0.2, 0.25) is 0 Å². The van der Waals surface area contributed by atoms with Gasteiger partial charge in [0.05, 0.1) is 12.5 Å². The van der Waals surface area contributed by atoms with E-state index in [0.717, 1.165) is 38.8 Å². The van der Waals surface area contributed by atoms with E-state index in [1.807, 2.05) is 0 Å². The summed E-state index contributed by atoms with van der Waals surface area (Å²) in [5, 5.41) is 2.89. The van der Waals surface area contributed by atoms with Crippen LogP contribution in [-0.4, -0.2) is 31.7 Å². The van der Waals surface area contributed by atoms with E-state index in [4.69, 9.17) is 10.5 Å². The van der Waals surface area contributed by atoms with Crippen LogP contribution in [0.1, 0.15) is 38.5 Å². The fourth-order valence-electron chi connectivity index (χ4n) is 1.74. The molecule has 4 nitrogen and oxygen atoms in total. The van der Waals surface area contributed by atoms with Crippen LogP contribution < -0.4 is 11.1 Å². The topological polar surface area (TPSA) is 64.3 Å². The summed E-state index contributed by atoms with van der Waals surface area (Å²) >= 11 is 0. The number of hydrogen-bond acceptors (Lipinski definition) is 3. The Kier molecular flexibility index (Phi) is 9.68. The Labute approximate surface area is 104 Å². The van der Waals surface area contributed by atoms with Gasteiger partial charge in [0.1, 0.15) is 0 Å². The molecule has 1 fully saturated rings. The van der Waals surface area contributed by atoms with Gasteiger partial charge in [-0.15, -0.1) is 12.4 Å². The Morgan fingerprint density at radius 3 is 2.81 bits per heavy atom. The van der Waals surface area contributed by atoms with Gasteiger partial charge in [-0.25, -0.2) is 0 Å². The Bertz CT molecular complexity index is 185. The summed E-state index contributed by atoms with van der Waals surface area (Å²) in [6.07, 6.45) is 5.94. The molecule has 1 heterocycles. The normalized spacial score (nSPS) is 19.9. The summed E-state index contributed by atoms with van der Waals surface area (Å²) in [5.41, 5.74) is 5.36. The third kappa shape index (κ3) is 7.04. The van der Waals surface area contributed by atoms with Crippen LogP contribution in [0.4, 0.5) is 0 Å². The Morgan fingerprint density at radius 2 is 2.19 bits per heavy atom. The fraction of sp³-hybridized carbons (Fsp3) is 0.909. The lowest BCUT2D eigenvalue weighted by Crippen LogP contribution is -2.31. The number of rotatable bonds is 6. The lowest BCUT2D eigenvalue weighted by Gasteiger charge is -2.21. The first-order chi connectivity index (χ1) is 7.33. The van der Waals surface area contributed by atoms with Crippen molar-refractivity contribution in [2.45, 2.75) is 44.6 Å². The van der Waals surface area contributed by atoms with Crippen LogP contribution in [0.3, 0.4) is 0 Å². The van der Waals surface area contributed by atoms with Gasteiger partial charge in [0.25, 0.3) is 0 Å². The smallest absolute Gasteiger partial charge is 0.222 e. The molecule has 16 heavy (non-hydrogen) atoms. The summed E-state index contributed by atoms with van der Waals surface area (Å²) in [6.45, 7) is 2.25. The second-order valence-electron chi connectivity index (χ2n) is 4.04. The Morgan fingerprint density at radius 1 is 1.38 bits per heavy atom. The molecule has 0 spiro atoms. The number of nitrogens with two attached hydrogens (primary N) is 1. The van der Waals surface area contributed by atoms with E-state index in [1.165, 1.54) is 6.42 Å². The van der Waals surface area contributed by atoms with Crippen LogP contribution >= 0.6 is 12.4 Å². The van der Waals surface area contributed by atoms with E-state index < -0.39 is 0 Å². The highest BCUT2D eigenvalue weighted by Gasteiger charge is 2.16. The minimum Gasteiger partial charge on any atom is -0.378 e. The second kappa shape index (κ2) is 9.87. The zero-order valence-corrected chi connectivity index (χ0v) is 10.6. The maximum atomic E-state index is 11.5. The highest BCUT2D eigenvalue weighted by Crippen LogP contribution is 2.15. The summed E-state index contributed by atoms with van der Waals surface area (Å²) < 4.78 is 5.50. The van der Waals surface area contributed by atoms with E-state index in [-0.39, 0.29) is 24.4 Å². The minimum absolute atomic E-state index is 0. The second-order valence-corrected chi connectivity index (χ2v) is 4.04. The van der Waals surface area contributed by atoms with Gasteiger partial charge in [0.2, 0.25) is 5.91 Å². The molecule has 0 bridgehead atoms. The molecule has 1 aliphatic heterocycles. The first kappa shape index (κ1) is 15.7. The summed E-state index contributed by atoms with van der Waals surface area (Å²) in [5.74, 6) is 0.110. The largest absolute Gasteiger partial charge is 0.378 e. The van der Waals surface area contributed by atoms with Gasteiger partial charge >= 0.3 is 0 Å². The zero-order chi connectivity index (χ0) is 10.9. The molecule has 1 aliphatic rings. The minimum atomic E-state index is 0. The van der Waals surface area contributed by atoms with Crippen molar-refractivity contribution in [2.24, 2.45) is 5.73 Å². The number of carbonyl (C=O) groups is 1. The van der Waals surface area contributed by atoms with E-state index in [2.05, 4.69) is 5.32 Å². The van der Waals surface area contributed by atoms with Crippen LogP contribution in [0.5, 0.6) is 0 Å². The van der Waals surface area contributed by atoms with Crippen LogP contribution in [-0.2, 0) is 9.53 Å². The number of amides is 1. The third-order valence-electron chi connectivity index (χ3n) is 2.64. The van der Waals surface area contributed by atoms with Crippen molar-refractivity contribution in [3.8, 4) is 0 Å². The Balaban J connectivity index is 0.00000225. The van der Waals surface area contributed by atoms with Gasteiger partial charge in [-0.05, 0) is 38.6 Å². The summed E-state index contributed by atoms with van der Waals surface area (Å²) in [4.78, 5) is 11.5. The number of ether oxygens (including phenoxy) is 1. The molecule has 1 atom stereocenters. The third-order valence-corrected chi connectivity index (χ3v) is 2.64. The van der Waals surface area contributed by atoms with E-state index in [1.54, 1.807) is 0 Å². The first-order valence-electron chi connectivity index (χ1n) is 5.91. The number of hydrogen-bond donors (Lipinski definition) is 2. The summed E-state index contributed by atoms with van der Waals surface area (Å²) in [7, 11) is 0. The first-order valence-corrected chi connectivity index (χ1v) is 5.91. The molecule has 3 N–H and O–H groups in total. The van der Waals surface area contributed by atoms with Crippen molar-refractivity contribution in [3.63, 3.8) is 0 Å². The van der Waals surface area contributed by atoms with Gasteiger partial charge in [-0.3, -0.25) is 4.79 Å². The van der Waals surface area contributed by atoms with Crippen molar-refractivity contribution in [1.82, 2.24) is 5.32 Å². The number of unbranched alkanes of at least 4 members (excludes halogenated alkanes) is 1. The van der Waals surface area contributed by atoms with Gasteiger partial charge in [0.15, 0.2) is 0 Å². The van der Waals surface area contributed by atoms with Crippen molar-refractivity contribution >= 4 is 18.3 Å². The highest BCUT2D eigenvalue weighted by molar-refractivity contribution is 5.85. The van der Waals surface area contributed by atoms with Gasteiger partial charge in [-0.2, -0.15) is 0 Å². The standard InChI is InChI=1S/C11H22N2O2.ClH/c12-6-2-3-7-13-11(14)9-10-5-1-4-8-15-10;/h10H,1-9,12H2,(H,13,14);1H. The zero-order valence-electron chi connectivity index (χ0n) is 9.74. The van der Waals surface area contributed by atoms with Gasteiger partial charge in [0, 0.05) is 13.2 Å². The quantitative estimate of drug-likeness (QED) is 0.697. The molecule has 1 rings (SSSR count). The molecule has 1 unspecified atom stereocenters. The van der Waals surface area contributed by atoms with Crippen LogP contribution in [0.25, 0.3) is 0 Å². The Hall–Kier alpha value is -0.320. The molecule has 0 aromatic carbocycles. The molecular weight excluding hydrogens is 228 g/mol. The lowest BCUT2D eigenvalue weighted by atomic mass is 10.1. The molecule has 5 heteroatoms. The average Bonchev–Trinajstić information content (AvgIpc) is 2.26. The molecule has 0 aromatic rings. The van der Waals surface area contributed by atoms with E-state index in [0.29, 0.717) is 13.0 Å². The lowest BCUT2D eigenvalue weighted by molar-refractivity contribution is -0.124. The van der Waals surface area contributed by atoms with E-state index in [9.17, 15) is 4.79 Å². The molecule has 0 radical (unpaired) electrons. The average molecular weight is 251 g/mol. The monoisotopic (exact) mass is 250 g/mol. The maximum absolute atomic E-state index is 11.5. The van der Waals surface area contributed by atoms with Crippen molar-refractivity contribution in [3.05, 3.63) is 0 Å². The van der Waals surface area contributed by atoms with Crippen molar-refractivity contribution in [1.29, 1.82) is 0 Å². The molecule has 0 aliphatic carbocycles. The van der Waals surface area contributed by atoms with Crippen LogP contribution in [0, 0.1) is 0 Å². The van der Waals surface area contributed by atoms with Gasteiger partial charge in [-0.1, -0.05) is 0 Å². The number of nitrogens with one attached hydrogen (secondary N) is 1. The molecular formula is C11H23ClN2O2. The van der Waals surface area contributed by atoms with Gasteiger partial charge < -0.3 is 15.8 Å². The number of halogens is 1. The summed E-state index contributed by atoms with van der Waals surface area (Å²) in [6, 6.07) is 0. The van der Waals surface area contributed by atoms with Crippen LogP contribution in [0.15, 0.2) is 0 Å². The molecule has 1 amide bonds. The maximum Gasteiger partial charge on any atom is 0.222 e. The van der Waals surface area contributed by atoms with Crippen molar-refractivity contribution < 1.29 is 9.53 Å². The molecule has 1 saturated heterocycles. The molecule has 0 aromatic heterocycles. The SMILES string of the molecule is Cl.NCCCCNC(=O)CC1CCCCO1. The number of carbonyl (C=O) groups excluding carboxylic acids is 1. The van der Waals surface area contributed by atoms with E-state index >= 15 is 0 Å². The molecule has 96 valence electrons. The predicted molar refractivity (Wildman–Crippen MR) is 66.8 cm³/mol. The molecule has 0 saturated carbocycles. The highest BCUT2D eigenvalue weighted by atomic mass is 35.5. The predicted octanol–water partition coefficient (Wildman–Crippen LogP) is 1.22.